The van der Waals surface area contributed by atoms with Crippen molar-refractivity contribution in [3.8, 4) is 0 Å². The number of carbonyl (C=O) groups is 1. The van der Waals surface area contributed by atoms with Crippen molar-refractivity contribution in [1.29, 1.82) is 0 Å². The van der Waals surface area contributed by atoms with Crippen molar-refractivity contribution in [3.63, 3.8) is 0 Å². The molecule has 6 nitrogen and oxygen atoms in total. The maximum Gasteiger partial charge on any atom is 0.251 e. The number of sulfonamides is 1. The first-order valence-electron chi connectivity index (χ1n) is 10.7. The summed E-state index contributed by atoms with van der Waals surface area (Å²) in [5, 5.41) is 2.76. The van der Waals surface area contributed by atoms with Crippen LogP contribution in [0.5, 0.6) is 0 Å². The second kappa shape index (κ2) is 10.5. The van der Waals surface area contributed by atoms with Gasteiger partial charge in [0.05, 0.1) is 6.10 Å². The van der Waals surface area contributed by atoms with Crippen molar-refractivity contribution in [1.82, 2.24) is 9.62 Å². The molecule has 0 radical (unpaired) electrons. The van der Waals surface area contributed by atoms with Crippen LogP contribution >= 0.6 is 0 Å². The minimum Gasteiger partial charge on any atom is -0.378 e. The SMILES string of the molecule is O=C(NCCCOC1CCCCC1)c1ccc(F)c(S(=O)(=O)N2CCCCC2)c1. The van der Waals surface area contributed by atoms with Crippen LogP contribution in [0.1, 0.15) is 68.1 Å². The zero-order valence-electron chi connectivity index (χ0n) is 16.9. The van der Waals surface area contributed by atoms with Crippen LogP contribution in [0.15, 0.2) is 23.1 Å². The zero-order valence-corrected chi connectivity index (χ0v) is 17.7. The molecule has 8 heteroatoms. The van der Waals surface area contributed by atoms with E-state index >= 15 is 0 Å². The van der Waals surface area contributed by atoms with Crippen LogP contribution in [-0.4, -0.2) is 51.0 Å². The Morgan fingerprint density at radius 1 is 1.10 bits per heavy atom. The van der Waals surface area contributed by atoms with E-state index in [-0.39, 0.29) is 5.56 Å². The molecule has 162 valence electrons. The summed E-state index contributed by atoms with van der Waals surface area (Å²) < 4.78 is 46.9. The molecule has 3 rings (SSSR count). The number of benzene rings is 1. The maximum absolute atomic E-state index is 14.3. The number of nitrogens with one attached hydrogen (secondary N) is 1. The van der Waals surface area contributed by atoms with E-state index in [9.17, 15) is 17.6 Å². The van der Waals surface area contributed by atoms with Crippen molar-refractivity contribution in [2.24, 2.45) is 0 Å². The fourth-order valence-electron chi connectivity index (χ4n) is 3.94. The molecular formula is C21H31FN2O4S. The van der Waals surface area contributed by atoms with Gasteiger partial charge in [-0.3, -0.25) is 4.79 Å². The van der Waals surface area contributed by atoms with Crippen LogP contribution in [-0.2, 0) is 14.8 Å². The summed E-state index contributed by atoms with van der Waals surface area (Å²) in [7, 11) is -3.93. The molecule has 1 heterocycles. The normalized spacial score (nSPS) is 19.2. The molecule has 1 N–H and O–H groups in total. The van der Waals surface area contributed by atoms with Crippen molar-refractivity contribution < 1.29 is 22.3 Å². The Balaban J connectivity index is 1.53. The first kappa shape index (κ1) is 22.2. The molecule has 1 aliphatic heterocycles. The fourth-order valence-corrected chi connectivity index (χ4v) is 5.55. The smallest absolute Gasteiger partial charge is 0.251 e. The lowest BCUT2D eigenvalue weighted by Crippen LogP contribution is -2.36. The molecule has 0 aromatic heterocycles. The standard InChI is InChI=1S/C21H31FN2O4S/c22-19-11-10-17(16-20(19)29(26,27)24-13-5-2-6-14-24)21(25)23-12-7-15-28-18-8-3-1-4-9-18/h10-11,16,18H,1-9,12-15H2,(H,23,25). The lowest BCUT2D eigenvalue weighted by molar-refractivity contribution is 0.0273. The van der Waals surface area contributed by atoms with Crippen molar-refractivity contribution in [3.05, 3.63) is 29.6 Å². The van der Waals surface area contributed by atoms with Crippen LogP contribution in [0, 0.1) is 5.82 Å². The Bertz CT molecular complexity index is 788. The molecule has 1 aromatic carbocycles. The van der Waals surface area contributed by atoms with Gasteiger partial charge in [0.1, 0.15) is 10.7 Å². The van der Waals surface area contributed by atoms with E-state index in [1.54, 1.807) is 0 Å². The number of carbonyl (C=O) groups excluding carboxylic acids is 1. The number of hydrogen-bond acceptors (Lipinski definition) is 4. The Labute approximate surface area is 172 Å². The highest BCUT2D eigenvalue weighted by Gasteiger charge is 2.29. The first-order chi connectivity index (χ1) is 14.0. The van der Waals surface area contributed by atoms with Gasteiger partial charge in [0.25, 0.3) is 5.91 Å². The van der Waals surface area contributed by atoms with Crippen LogP contribution in [0.25, 0.3) is 0 Å². The molecule has 1 amide bonds. The van der Waals surface area contributed by atoms with Gasteiger partial charge in [-0.1, -0.05) is 25.7 Å². The summed E-state index contributed by atoms with van der Waals surface area (Å²) >= 11 is 0. The largest absolute Gasteiger partial charge is 0.378 e. The van der Waals surface area contributed by atoms with Gasteiger partial charge in [0.15, 0.2) is 0 Å². The lowest BCUT2D eigenvalue weighted by atomic mass is 9.98. The first-order valence-corrected chi connectivity index (χ1v) is 12.1. The summed E-state index contributed by atoms with van der Waals surface area (Å²) in [4.78, 5) is 12.0. The van der Waals surface area contributed by atoms with Crippen molar-refractivity contribution >= 4 is 15.9 Å². The summed E-state index contributed by atoms with van der Waals surface area (Å²) in [6, 6.07) is 3.52. The third-order valence-corrected chi connectivity index (χ3v) is 7.55. The molecule has 0 spiro atoms. The van der Waals surface area contributed by atoms with E-state index in [1.807, 2.05) is 0 Å². The van der Waals surface area contributed by atoms with Gasteiger partial charge in [0, 0.05) is 31.8 Å². The topological polar surface area (TPSA) is 75.7 Å². The number of amides is 1. The Kier molecular flexibility index (Phi) is 8.03. The number of ether oxygens (including phenoxy) is 1. The average molecular weight is 427 g/mol. The summed E-state index contributed by atoms with van der Waals surface area (Å²) in [5.41, 5.74) is 0.148. The van der Waals surface area contributed by atoms with Gasteiger partial charge >= 0.3 is 0 Å². The van der Waals surface area contributed by atoms with Gasteiger partial charge in [-0.25, -0.2) is 12.8 Å². The Hall–Kier alpha value is -1.51. The molecule has 1 saturated heterocycles. The molecular weight excluding hydrogens is 395 g/mol. The monoisotopic (exact) mass is 426 g/mol. The molecule has 0 atom stereocenters. The highest BCUT2D eigenvalue weighted by molar-refractivity contribution is 7.89. The molecule has 2 fully saturated rings. The number of halogens is 1. The van der Waals surface area contributed by atoms with Crippen molar-refractivity contribution in [2.45, 2.75) is 68.8 Å². The molecule has 1 aromatic rings. The zero-order chi connectivity index (χ0) is 20.7. The quantitative estimate of drug-likeness (QED) is 0.646. The number of nitrogens with zero attached hydrogens (tertiary/aromatic N) is 1. The Morgan fingerprint density at radius 3 is 2.52 bits per heavy atom. The van der Waals surface area contributed by atoms with Crippen LogP contribution in [0.3, 0.4) is 0 Å². The lowest BCUT2D eigenvalue weighted by Gasteiger charge is -2.26. The van der Waals surface area contributed by atoms with Gasteiger partial charge in [-0.2, -0.15) is 4.31 Å². The molecule has 1 aliphatic carbocycles. The van der Waals surface area contributed by atoms with Gasteiger partial charge in [-0.05, 0) is 50.3 Å². The predicted molar refractivity (Wildman–Crippen MR) is 109 cm³/mol. The minimum atomic E-state index is -3.93. The highest BCUT2D eigenvalue weighted by Crippen LogP contribution is 2.24. The van der Waals surface area contributed by atoms with Crippen LogP contribution < -0.4 is 5.32 Å². The van der Waals surface area contributed by atoms with Crippen LogP contribution in [0.2, 0.25) is 0 Å². The highest BCUT2D eigenvalue weighted by atomic mass is 32.2. The second-order valence-electron chi connectivity index (χ2n) is 7.85. The maximum atomic E-state index is 14.3. The van der Waals surface area contributed by atoms with E-state index < -0.39 is 26.6 Å². The van der Waals surface area contributed by atoms with Gasteiger partial charge in [0.2, 0.25) is 10.0 Å². The third-order valence-electron chi connectivity index (χ3n) is 5.64. The van der Waals surface area contributed by atoms with E-state index in [4.69, 9.17) is 4.74 Å². The molecule has 0 unspecified atom stereocenters. The number of piperidine rings is 1. The molecule has 29 heavy (non-hydrogen) atoms. The van der Waals surface area contributed by atoms with E-state index in [0.29, 0.717) is 38.8 Å². The average Bonchev–Trinajstić information content (AvgIpc) is 2.75. The van der Waals surface area contributed by atoms with Gasteiger partial charge < -0.3 is 10.1 Å². The number of rotatable bonds is 8. The van der Waals surface area contributed by atoms with E-state index in [1.165, 1.54) is 29.6 Å². The Morgan fingerprint density at radius 2 is 1.79 bits per heavy atom. The summed E-state index contributed by atoms with van der Waals surface area (Å²) in [6.45, 7) is 1.79. The summed E-state index contributed by atoms with van der Waals surface area (Å²) in [5.74, 6) is -1.23. The van der Waals surface area contributed by atoms with E-state index in [0.717, 1.165) is 44.2 Å². The predicted octanol–water partition coefficient (Wildman–Crippen LogP) is 3.47. The summed E-state index contributed by atoms with van der Waals surface area (Å²) in [6.07, 6.45) is 9.45. The third kappa shape index (κ3) is 5.99. The molecule has 1 saturated carbocycles. The van der Waals surface area contributed by atoms with Gasteiger partial charge in [-0.15, -0.1) is 0 Å². The fraction of sp³-hybridized carbons (Fsp3) is 0.667. The van der Waals surface area contributed by atoms with Crippen molar-refractivity contribution in [2.75, 3.05) is 26.2 Å². The second-order valence-corrected chi connectivity index (χ2v) is 9.76. The molecule has 2 aliphatic rings. The molecule has 0 bridgehead atoms. The van der Waals surface area contributed by atoms with E-state index in [2.05, 4.69) is 5.32 Å². The minimum absolute atomic E-state index is 0.148. The van der Waals surface area contributed by atoms with Crippen LogP contribution in [0.4, 0.5) is 4.39 Å². The number of hydrogen-bond donors (Lipinski definition) is 1.